The van der Waals surface area contributed by atoms with Gasteiger partial charge in [-0.05, 0) is 18.6 Å². The molecule has 8 heteroatoms. The number of rotatable bonds is 4. The summed E-state index contributed by atoms with van der Waals surface area (Å²) in [5.74, 6) is -0.862. The smallest absolute Gasteiger partial charge is 0.331 e. The van der Waals surface area contributed by atoms with Crippen LogP contribution in [-0.4, -0.2) is 26.4 Å². The van der Waals surface area contributed by atoms with Crippen LogP contribution >= 0.6 is 0 Å². The highest BCUT2D eigenvalue weighted by molar-refractivity contribution is 7.94. The van der Waals surface area contributed by atoms with Gasteiger partial charge in [-0.1, -0.05) is 6.07 Å². The van der Waals surface area contributed by atoms with E-state index in [1.54, 1.807) is 6.92 Å². The Labute approximate surface area is 109 Å². The molecular formula is C11H11NO6S. The maximum absolute atomic E-state index is 11.9. The number of ether oxygens (including phenoxy) is 1. The van der Waals surface area contributed by atoms with Crippen LogP contribution in [0.3, 0.4) is 0 Å². The van der Waals surface area contributed by atoms with Gasteiger partial charge in [-0.25, -0.2) is 13.2 Å². The molecule has 0 aliphatic rings. The first-order valence-corrected chi connectivity index (χ1v) is 6.58. The first-order valence-electron chi connectivity index (χ1n) is 5.04. The van der Waals surface area contributed by atoms with Crippen LogP contribution in [0.15, 0.2) is 34.6 Å². The van der Waals surface area contributed by atoms with E-state index in [0.29, 0.717) is 17.0 Å². The van der Waals surface area contributed by atoms with Crippen LogP contribution in [0.4, 0.5) is 5.69 Å². The summed E-state index contributed by atoms with van der Waals surface area (Å²) in [6.07, 6.45) is 0.696. The van der Waals surface area contributed by atoms with Crippen LogP contribution in [0.2, 0.25) is 0 Å². The molecule has 0 saturated heterocycles. The Morgan fingerprint density at radius 1 is 1.42 bits per heavy atom. The number of methoxy groups -OCH3 is 1. The highest BCUT2D eigenvalue weighted by Crippen LogP contribution is 2.26. The van der Waals surface area contributed by atoms with Gasteiger partial charge < -0.3 is 4.74 Å². The van der Waals surface area contributed by atoms with Crippen LogP contribution < -0.4 is 0 Å². The summed E-state index contributed by atoms with van der Waals surface area (Å²) in [4.78, 5) is 20.4. The Morgan fingerprint density at radius 2 is 2.05 bits per heavy atom. The van der Waals surface area contributed by atoms with E-state index in [1.165, 1.54) is 12.1 Å². The van der Waals surface area contributed by atoms with Crippen molar-refractivity contribution in [2.75, 3.05) is 7.11 Å². The largest absolute Gasteiger partial charge is 0.466 e. The fraction of sp³-hybridized carbons (Fsp3) is 0.182. The van der Waals surface area contributed by atoms with E-state index < -0.39 is 31.3 Å². The summed E-state index contributed by atoms with van der Waals surface area (Å²) in [5.41, 5.74) is 0.00996. The van der Waals surface area contributed by atoms with Gasteiger partial charge in [0.2, 0.25) is 9.84 Å². The van der Waals surface area contributed by atoms with Crippen LogP contribution in [0, 0.1) is 17.0 Å². The summed E-state index contributed by atoms with van der Waals surface area (Å²) in [6.45, 7) is 1.60. The molecule has 0 atom stereocenters. The topological polar surface area (TPSA) is 104 Å². The summed E-state index contributed by atoms with van der Waals surface area (Å²) < 4.78 is 28.1. The average molecular weight is 285 g/mol. The number of nitrogens with zero attached hydrogens (tertiary/aromatic N) is 1. The van der Waals surface area contributed by atoms with Gasteiger partial charge in [-0.2, -0.15) is 0 Å². The Hall–Kier alpha value is -2.22. The quantitative estimate of drug-likeness (QED) is 0.358. The highest BCUT2D eigenvalue weighted by atomic mass is 32.2. The molecule has 1 rings (SSSR count). The summed E-state index contributed by atoms with van der Waals surface area (Å²) >= 11 is 0. The van der Waals surface area contributed by atoms with Gasteiger partial charge in [0.05, 0.1) is 12.0 Å². The monoisotopic (exact) mass is 285 g/mol. The van der Waals surface area contributed by atoms with E-state index in [2.05, 4.69) is 4.74 Å². The molecule has 0 fully saturated rings. The van der Waals surface area contributed by atoms with E-state index in [-0.39, 0.29) is 0 Å². The van der Waals surface area contributed by atoms with Crippen molar-refractivity contribution in [3.05, 3.63) is 45.4 Å². The minimum Gasteiger partial charge on any atom is -0.466 e. The molecule has 0 bridgehead atoms. The van der Waals surface area contributed by atoms with E-state index in [9.17, 15) is 23.3 Å². The van der Waals surface area contributed by atoms with E-state index in [1.807, 2.05) is 0 Å². The lowest BCUT2D eigenvalue weighted by Gasteiger charge is -2.02. The zero-order chi connectivity index (χ0) is 14.6. The Bertz CT molecular complexity index is 647. The highest BCUT2D eigenvalue weighted by Gasteiger charge is 2.23. The van der Waals surface area contributed by atoms with Gasteiger partial charge in [-0.15, -0.1) is 0 Å². The second-order valence-corrected chi connectivity index (χ2v) is 5.40. The third-order valence-corrected chi connectivity index (χ3v) is 3.64. The molecule has 0 radical (unpaired) electrons. The lowest BCUT2D eigenvalue weighted by Crippen LogP contribution is -2.04. The molecule has 19 heavy (non-hydrogen) atoms. The maximum atomic E-state index is 11.9. The van der Waals surface area contributed by atoms with Crippen LogP contribution in [0.1, 0.15) is 5.56 Å². The second kappa shape index (κ2) is 5.61. The Kier molecular flexibility index (Phi) is 4.38. The molecule has 0 aliphatic heterocycles. The van der Waals surface area contributed by atoms with Crippen molar-refractivity contribution >= 4 is 21.5 Å². The van der Waals surface area contributed by atoms with Crippen LogP contribution in [-0.2, 0) is 19.4 Å². The predicted molar refractivity (Wildman–Crippen MR) is 66.2 cm³/mol. The maximum Gasteiger partial charge on any atom is 0.331 e. The van der Waals surface area contributed by atoms with E-state index in [4.69, 9.17) is 0 Å². The summed E-state index contributed by atoms with van der Waals surface area (Å²) in [5, 5.41) is 11.4. The normalized spacial score (nSPS) is 11.5. The lowest BCUT2D eigenvalue weighted by molar-refractivity contribution is -0.387. The number of benzene rings is 1. The zero-order valence-corrected chi connectivity index (χ0v) is 11.0. The molecule has 0 amide bonds. The van der Waals surface area contributed by atoms with Crippen molar-refractivity contribution in [1.82, 2.24) is 0 Å². The minimum absolute atomic E-state index is 0.461. The van der Waals surface area contributed by atoms with Gasteiger partial charge in [0.15, 0.2) is 0 Å². The molecule has 0 aliphatic carbocycles. The fourth-order valence-corrected chi connectivity index (χ4v) is 2.51. The first-order chi connectivity index (χ1) is 8.77. The van der Waals surface area contributed by atoms with Gasteiger partial charge in [0.25, 0.3) is 5.69 Å². The lowest BCUT2D eigenvalue weighted by atomic mass is 10.2. The van der Waals surface area contributed by atoms with Crippen molar-refractivity contribution in [2.24, 2.45) is 0 Å². The summed E-state index contributed by atoms with van der Waals surface area (Å²) in [6, 6.07) is 3.71. The van der Waals surface area contributed by atoms with E-state index >= 15 is 0 Å². The van der Waals surface area contributed by atoms with E-state index in [0.717, 1.165) is 13.2 Å². The molecule has 7 nitrogen and oxygen atoms in total. The predicted octanol–water partition coefficient (Wildman–Crippen LogP) is 1.36. The molecule has 0 heterocycles. The van der Waals surface area contributed by atoms with Crippen molar-refractivity contribution in [3.63, 3.8) is 0 Å². The third kappa shape index (κ3) is 3.62. The number of hydrogen-bond acceptors (Lipinski definition) is 6. The van der Waals surface area contributed by atoms with Crippen molar-refractivity contribution in [1.29, 1.82) is 0 Å². The zero-order valence-electron chi connectivity index (χ0n) is 10.2. The molecule has 0 N–H and O–H groups in total. The average Bonchev–Trinajstić information content (AvgIpc) is 2.35. The van der Waals surface area contributed by atoms with Gasteiger partial charge in [0, 0.05) is 17.6 Å². The van der Waals surface area contributed by atoms with Gasteiger partial charge in [-0.3, -0.25) is 10.1 Å². The Balaban J connectivity index is 3.36. The van der Waals surface area contributed by atoms with Crippen LogP contribution in [0.25, 0.3) is 0 Å². The molecular weight excluding hydrogens is 274 g/mol. The van der Waals surface area contributed by atoms with Crippen molar-refractivity contribution in [3.8, 4) is 0 Å². The van der Waals surface area contributed by atoms with Crippen molar-refractivity contribution < 1.29 is 22.9 Å². The minimum atomic E-state index is -4.09. The Morgan fingerprint density at radius 3 is 2.58 bits per heavy atom. The fourth-order valence-electron chi connectivity index (χ4n) is 1.29. The number of nitro groups is 1. The van der Waals surface area contributed by atoms with Crippen LogP contribution in [0.5, 0.6) is 0 Å². The van der Waals surface area contributed by atoms with Gasteiger partial charge >= 0.3 is 5.97 Å². The molecule has 0 spiro atoms. The number of hydrogen-bond donors (Lipinski definition) is 0. The standard InChI is InChI=1S/C11H11NO6S/c1-8-3-4-9(12(14)15)10(7-8)19(16,17)6-5-11(13)18-2/h3-7H,1-2H3. The number of esters is 1. The second-order valence-electron chi connectivity index (χ2n) is 3.60. The first kappa shape index (κ1) is 14.8. The summed E-state index contributed by atoms with van der Waals surface area (Å²) in [7, 11) is -2.99. The molecule has 0 saturated carbocycles. The molecule has 0 unspecified atom stereocenters. The molecule has 1 aromatic rings. The SMILES string of the molecule is COC(=O)C=CS(=O)(=O)c1cc(C)ccc1[N+](=O)[O-]. The number of nitro benzene ring substituents is 1. The molecule has 102 valence electrons. The molecule has 0 aromatic heterocycles. The van der Waals surface area contributed by atoms with Gasteiger partial charge in [0.1, 0.15) is 4.90 Å². The van der Waals surface area contributed by atoms with Crippen molar-refractivity contribution in [2.45, 2.75) is 11.8 Å². The number of aryl methyl sites for hydroxylation is 1. The molecule has 1 aromatic carbocycles. The number of carbonyl (C=O) groups excluding carboxylic acids is 1. The number of sulfone groups is 1. The third-order valence-electron chi connectivity index (χ3n) is 2.20. The number of carbonyl (C=O) groups is 1.